The topological polar surface area (TPSA) is 55.6 Å². The van der Waals surface area contributed by atoms with E-state index in [-0.39, 0.29) is 12.3 Å². The first-order chi connectivity index (χ1) is 11.5. The number of benzene rings is 1. The lowest BCUT2D eigenvalue weighted by atomic mass is 10.2. The number of anilines is 1. The molecule has 0 atom stereocenters. The number of aryl methyl sites for hydroxylation is 2. The van der Waals surface area contributed by atoms with Crippen molar-refractivity contribution in [1.82, 2.24) is 9.38 Å². The predicted molar refractivity (Wildman–Crippen MR) is 95.0 cm³/mol. The molecule has 1 aromatic carbocycles. The number of hydrogen-bond donors (Lipinski definition) is 1. The van der Waals surface area contributed by atoms with Gasteiger partial charge in [-0.15, -0.1) is 0 Å². The molecular formula is C18H18ClN3O2. The molecule has 0 unspecified atom stereocenters. The van der Waals surface area contributed by atoms with Gasteiger partial charge in [-0.25, -0.2) is 4.98 Å². The van der Waals surface area contributed by atoms with Crippen LogP contribution in [-0.2, 0) is 11.2 Å². The Morgan fingerprint density at radius 2 is 2.12 bits per heavy atom. The second kappa shape index (κ2) is 6.53. The minimum Gasteiger partial charge on any atom is -0.495 e. The summed E-state index contributed by atoms with van der Waals surface area (Å²) in [5.41, 5.74) is 4.14. The normalized spacial score (nSPS) is 10.8. The molecule has 5 nitrogen and oxygen atoms in total. The van der Waals surface area contributed by atoms with Gasteiger partial charge in [-0.2, -0.15) is 0 Å². The highest BCUT2D eigenvalue weighted by molar-refractivity contribution is 6.31. The second-order valence-corrected chi connectivity index (χ2v) is 6.14. The Bertz CT molecular complexity index is 918. The Morgan fingerprint density at radius 1 is 1.33 bits per heavy atom. The van der Waals surface area contributed by atoms with Crippen LogP contribution < -0.4 is 10.1 Å². The van der Waals surface area contributed by atoms with E-state index in [1.807, 2.05) is 42.8 Å². The highest BCUT2D eigenvalue weighted by Gasteiger charge is 2.12. The van der Waals surface area contributed by atoms with Crippen molar-refractivity contribution in [2.75, 3.05) is 12.4 Å². The number of imidazole rings is 1. The zero-order chi connectivity index (χ0) is 17.3. The summed E-state index contributed by atoms with van der Waals surface area (Å²) >= 11 is 6.08. The van der Waals surface area contributed by atoms with Crippen molar-refractivity contribution >= 4 is 28.8 Å². The molecule has 6 heteroatoms. The lowest BCUT2D eigenvalue weighted by Gasteiger charge is -2.11. The van der Waals surface area contributed by atoms with Gasteiger partial charge in [0.2, 0.25) is 5.91 Å². The predicted octanol–water partition coefficient (Wildman–Crippen LogP) is 3.79. The zero-order valence-corrected chi connectivity index (χ0v) is 14.5. The van der Waals surface area contributed by atoms with Gasteiger partial charge < -0.3 is 14.5 Å². The van der Waals surface area contributed by atoms with Gasteiger partial charge in [-0.05, 0) is 43.2 Å². The number of halogens is 1. The van der Waals surface area contributed by atoms with Crippen molar-refractivity contribution < 1.29 is 9.53 Å². The molecule has 124 valence electrons. The quantitative estimate of drug-likeness (QED) is 0.784. The molecule has 0 spiro atoms. The fourth-order valence-corrected chi connectivity index (χ4v) is 2.66. The van der Waals surface area contributed by atoms with Gasteiger partial charge in [0.05, 0.1) is 24.9 Å². The van der Waals surface area contributed by atoms with E-state index in [0.717, 1.165) is 16.8 Å². The first-order valence-electron chi connectivity index (χ1n) is 7.54. The smallest absolute Gasteiger partial charge is 0.230 e. The SMILES string of the molecule is COc1cc(Cl)c(C)cc1NC(=O)Cc1cn2ccc(C)cc2n1. The summed E-state index contributed by atoms with van der Waals surface area (Å²) < 4.78 is 7.18. The van der Waals surface area contributed by atoms with Crippen LogP contribution in [0.25, 0.3) is 5.65 Å². The van der Waals surface area contributed by atoms with E-state index in [2.05, 4.69) is 10.3 Å². The number of nitrogens with zero attached hydrogens (tertiary/aromatic N) is 2. The number of amides is 1. The molecule has 3 aromatic rings. The average Bonchev–Trinajstić information content (AvgIpc) is 2.91. The Morgan fingerprint density at radius 3 is 2.88 bits per heavy atom. The number of hydrogen-bond acceptors (Lipinski definition) is 3. The minimum atomic E-state index is -0.157. The molecule has 0 saturated heterocycles. The van der Waals surface area contributed by atoms with Crippen molar-refractivity contribution in [2.24, 2.45) is 0 Å². The number of carbonyl (C=O) groups excluding carboxylic acids is 1. The summed E-state index contributed by atoms with van der Waals surface area (Å²) in [6, 6.07) is 7.47. The number of rotatable bonds is 4. The van der Waals surface area contributed by atoms with E-state index >= 15 is 0 Å². The third kappa shape index (κ3) is 3.36. The van der Waals surface area contributed by atoms with E-state index in [9.17, 15) is 4.79 Å². The molecule has 0 saturated carbocycles. The van der Waals surface area contributed by atoms with Crippen molar-refractivity contribution in [1.29, 1.82) is 0 Å². The zero-order valence-electron chi connectivity index (χ0n) is 13.8. The number of ether oxygens (including phenoxy) is 1. The van der Waals surface area contributed by atoms with Crippen LogP contribution in [0.4, 0.5) is 5.69 Å². The molecule has 1 N–H and O–H groups in total. The first-order valence-corrected chi connectivity index (χ1v) is 7.92. The number of carbonyl (C=O) groups is 1. The summed E-state index contributed by atoms with van der Waals surface area (Å²) in [4.78, 5) is 16.8. The molecule has 24 heavy (non-hydrogen) atoms. The molecule has 0 aliphatic carbocycles. The van der Waals surface area contributed by atoms with Gasteiger partial charge in [-0.3, -0.25) is 4.79 Å². The van der Waals surface area contributed by atoms with Gasteiger partial charge in [0.15, 0.2) is 0 Å². The van der Waals surface area contributed by atoms with Crippen LogP contribution in [0.3, 0.4) is 0 Å². The third-order valence-electron chi connectivity index (χ3n) is 3.76. The number of fused-ring (bicyclic) bond motifs is 1. The van der Waals surface area contributed by atoms with Crippen molar-refractivity contribution in [3.63, 3.8) is 0 Å². The van der Waals surface area contributed by atoms with E-state index < -0.39 is 0 Å². The summed E-state index contributed by atoms with van der Waals surface area (Å²) in [5.74, 6) is 0.375. The molecule has 1 amide bonds. The summed E-state index contributed by atoms with van der Waals surface area (Å²) in [7, 11) is 1.54. The summed E-state index contributed by atoms with van der Waals surface area (Å²) in [6.45, 7) is 3.89. The van der Waals surface area contributed by atoms with Crippen LogP contribution in [0, 0.1) is 13.8 Å². The maximum absolute atomic E-state index is 12.3. The van der Waals surface area contributed by atoms with Gasteiger partial charge in [0.25, 0.3) is 0 Å². The number of nitrogens with one attached hydrogen (secondary N) is 1. The van der Waals surface area contributed by atoms with Gasteiger partial charge >= 0.3 is 0 Å². The van der Waals surface area contributed by atoms with Crippen LogP contribution >= 0.6 is 11.6 Å². The molecular weight excluding hydrogens is 326 g/mol. The van der Waals surface area contributed by atoms with Crippen LogP contribution in [-0.4, -0.2) is 22.4 Å². The van der Waals surface area contributed by atoms with Crippen LogP contribution in [0.2, 0.25) is 5.02 Å². The Balaban J connectivity index is 1.78. The van der Waals surface area contributed by atoms with E-state index in [4.69, 9.17) is 16.3 Å². The fourth-order valence-electron chi connectivity index (χ4n) is 2.51. The van der Waals surface area contributed by atoms with E-state index in [0.29, 0.717) is 22.2 Å². The molecule has 2 aromatic heterocycles. The average molecular weight is 344 g/mol. The number of pyridine rings is 1. The Labute approximate surface area is 145 Å². The summed E-state index contributed by atoms with van der Waals surface area (Å²) in [5, 5.41) is 3.46. The highest BCUT2D eigenvalue weighted by Crippen LogP contribution is 2.31. The number of methoxy groups -OCH3 is 1. The van der Waals surface area contributed by atoms with Crippen LogP contribution in [0.5, 0.6) is 5.75 Å². The van der Waals surface area contributed by atoms with Crippen LogP contribution in [0.1, 0.15) is 16.8 Å². The maximum atomic E-state index is 12.3. The molecule has 2 heterocycles. The van der Waals surface area contributed by atoms with Gasteiger partial charge in [0, 0.05) is 23.5 Å². The maximum Gasteiger partial charge on any atom is 0.230 e. The Kier molecular flexibility index (Phi) is 4.44. The van der Waals surface area contributed by atoms with E-state index in [1.165, 1.54) is 0 Å². The molecule has 0 aliphatic heterocycles. The molecule has 0 bridgehead atoms. The standard InChI is InChI=1S/C18H18ClN3O2/c1-11-4-5-22-10-13(20-17(22)6-11)8-18(23)21-15-7-12(2)14(19)9-16(15)24-3/h4-7,9-10H,8H2,1-3H3,(H,21,23). The third-order valence-corrected chi connectivity index (χ3v) is 4.17. The van der Waals surface area contributed by atoms with Crippen molar-refractivity contribution in [3.05, 3.63) is 58.5 Å². The Hall–Kier alpha value is -2.53. The second-order valence-electron chi connectivity index (χ2n) is 5.73. The van der Waals surface area contributed by atoms with Gasteiger partial charge in [0.1, 0.15) is 11.4 Å². The summed E-state index contributed by atoms with van der Waals surface area (Å²) in [6.07, 6.45) is 3.98. The monoisotopic (exact) mass is 343 g/mol. The molecule has 0 radical (unpaired) electrons. The minimum absolute atomic E-state index is 0.157. The van der Waals surface area contributed by atoms with Crippen molar-refractivity contribution in [3.8, 4) is 5.75 Å². The van der Waals surface area contributed by atoms with Gasteiger partial charge in [-0.1, -0.05) is 11.6 Å². The lowest BCUT2D eigenvalue weighted by Crippen LogP contribution is -2.15. The van der Waals surface area contributed by atoms with Crippen molar-refractivity contribution in [2.45, 2.75) is 20.3 Å². The highest BCUT2D eigenvalue weighted by atomic mass is 35.5. The lowest BCUT2D eigenvalue weighted by molar-refractivity contribution is -0.115. The van der Waals surface area contributed by atoms with Crippen LogP contribution in [0.15, 0.2) is 36.7 Å². The first kappa shape index (κ1) is 16.3. The largest absolute Gasteiger partial charge is 0.495 e. The molecule has 0 fully saturated rings. The van der Waals surface area contributed by atoms with E-state index in [1.54, 1.807) is 19.2 Å². The fraction of sp³-hybridized carbons (Fsp3) is 0.222. The number of aromatic nitrogens is 2. The molecule has 0 aliphatic rings. The molecule has 3 rings (SSSR count).